The van der Waals surface area contributed by atoms with E-state index in [2.05, 4.69) is 11.4 Å². The molecule has 0 unspecified atom stereocenters. The van der Waals surface area contributed by atoms with E-state index in [0.29, 0.717) is 13.0 Å². The van der Waals surface area contributed by atoms with E-state index >= 15 is 0 Å². The van der Waals surface area contributed by atoms with Gasteiger partial charge in [-0.25, -0.2) is 0 Å². The number of rotatable bonds is 8. The average Bonchev–Trinajstić information content (AvgIpc) is 2.85. The molecule has 0 aliphatic heterocycles. The van der Waals surface area contributed by atoms with Crippen molar-refractivity contribution in [1.29, 1.82) is 0 Å². The molecule has 4 heteroatoms. The van der Waals surface area contributed by atoms with Crippen LogP contribution in [-0.2, 0) is 22.4 Å². The minimum atomic E-state index is -0.652. The van der Waals surface area contributed by atoms with Crippen molar-refractivity contribution in [2.45, 2.75) is 25.8 Å². The molecule has 166 valence electrons. The van der Waals surface area contributed by atoms with Crippen molar-refractivity contribution in [3.8, 4) is 0 Å². The topological polar surface area (TPSA) is 49.4 Å². The number of hydrogen-bond donors (Lipinski definition) is 1. The summed E-state index contributed by atoms with van der Waals surface area (Å²) in [5, 5.41) is 5.25. The SMILES string of the molecule is CCN(C(=O)[C@H](Cc1ccccc1)NC(=O)Cc1ccc2ccccc2c1)c1ccccc1. The van der Waals surface area contributed by atoms with E-state index < -0.39 is 6.04 Å². The zero-order chi connectivity index (χ0) is 23.0. The van der Waals surface area contributed by atoms with Crippen LogP contribution in [0.15, 0.2) is 103 Å². The van der Waals surface area contributed by atoms with Crippen molar-refractivity contribution < 1.29 is 9.59 Å². The van der Waals surface area contributed by atoms with Crippen LogP contribution in [0.3, 0.4) is 0 Å². The minimum Gasteiger partial charge on any atom is -0.344 e. The van der Waals surface area contributed by atoms with E-state index in [1.807, 2.05) is 104 Å². The molecule has 33 heavy (non-hydrogen) atoms. The Labute approximate surface area is 194 Å². The summed E-state index contributed by atoms with van der Waals surface area (Å²) >= 11 is 0. The van der Waals surface area contributed by atoms with Gasteiger partial charge in [0.05, 0.1) is 6.42 Å². The summed E-state index contributed by atoms with van der Waals surface area (Å²) in [6, 6.07) is 32.8. The Morgan fingerprint density at radius 2 is 1.39 bits per heavy atom. The lowest BCUT2D eigenvalue weighted by atomic mass is 10.0. The molecule has 2 amide bonds. The molecule has 4 aromatic rings. The highest BCUT2D eigenvalue weighted by Gasteiger charge is 2.26. The molecule has 0 heterocycles. The van der Waals surface area contributed by atoms with Crippen LogP contribution in [0.1, 0.15) is 18.1 Å². The van der Waals surface area contributed by atoms with Crippen LogP contribution in [0.5, 0.6) is 0 Å². The minimum absolute atomic E-state index is 0.112. The first-order valence-electron chi connectivity index (χ1n) is 11.3. The summed E-state index contributed by atoms with van der Waals surface area (Å²) in [5.74, 6) is -0.275. The normalized spacial score (nSPS) is 11.7. The summed E-state index contributed by atoms with van der Waals surface area (Å²) in [6.07, 6.45) is 0.660. The number of hydrogen-bond acceptors (Lipinski definition) is 2. The first kappa shape index (κ1) is 22.3. The Balaban J connectivity index is 1.54. The zero-order valence-corrected chi connectivity index (χ0v) is 18.8. The molecule has 0 aliphatic rings. The van der Waals surface area contributed by atoms with Crippen molar-refractivity contribution in [2.75, 3.05) is 11.4 Å². The standard InChI is InChI=1S/C29H28N2O2/c1-2-31(26-15-7-4-8-16-26)29(33)27(20-22-11-5-3-6-12-22)30-28(32)21-23-17-18-24-13-9-10-14-25(24)19-23/h3-19,27H,2,20-21H2,1H3,(H,30,32)/t27-/m0/s1. The molecule has 0 radical (unpaired) electrons. The molecular weight excluding hydrogens is 408 g/mol. The van der Waals surface area contributed by atoms with Gasteiger partial charge in [0.15, 0.2) is 0 Å². The smallest absolute Gasteiger partial charge is 0.249 e. The molecule has 0 saturated carbocycles. The number of para-hydroxylation sites is 1. The maximum absolute atomic E-state index is 13.6. The molecule has 1 N–H and O–H groups in total. The number of benzene rings is 4. The first-order valence-corrected chi connectivity index (χ1v) is 11.3. The average molecular weight is 437 g/mol. The molecular formula is C29H28N2O2. The molecule has 0 saturated heterocycles. The van der Waals surface area contributed by atoms with E-state index in [4.69, 9.17) is 0 Å². The van der Waals surface area contributed by atoms with Crippen LogP contribution in [0.25, 0.3) is 10.8 Å². The zero-order valence-electron chi connectivity index (χ0n) is 18.8. The molecule has 0 bridgehead atoms. The van der Waals surface area contributed by atoms with Crippen molar-refractivity contribution >= 4 is 28.3 Å². The van der Waals surface area contributed by atoms with Crippen molar-refractivity contribution in [3.05, 3.63) is 114 Å². The van der Waals surface area contributed by atoms with Gasteiger partial charge in [0.25, 0.3) is 0 Å². The molecule has 0 spiro atoms. The highest BCUT2D eigenvalue weighted by atomic mass is 16.2. The summed E-state index contributed by atoms with van der Waals surface area (Å²) in [6.45, 7) is 2.47. The van der Waals surface area contributed by atoms with Gasteiger partial charge < -0.3 is 10.2 Å². The highest BCUT2D eigenvalue weighted by Crippen LogP contribution is 2.18. The fourth-order valence-electron chi connectivity index (χ4n) is 4.09. The van der Waals surface area contributed by atoms with E-state index in [1.54, 1.807) is 4.90 Å². The maximum atomic E-state index is 13.6. The molecule has 0 fully saturated rings. The van der Waals surface area contributed by atoms with Crippen LogP contribution in [0, 0.1) is 0 Å². The number of nitrogens with one attached hydrogen (secondary N) is 1. The summed E-state index contributed by atoms with van der Waals surface area (Å²) in [4.78, 5) is 28.3. The van der Waals surface area contributed by atoms with Crippen LogP contribution >= 0.6 is 0 Å². The number of likely N-dealkylation sites (N-methyl/N-ethyl adjacent to an activating group) is 1. The Hall–Kier alpha value is -3.92. The molecule has 0 aliphatic carbocycles. The Morgan fingerprint density at radius 1 is 0.758 bits per heavy atom. The van der Waals surface area contributed by atoms with Crippen molar-refractivity contribution in [2.24, 2.45) is 0 Å². The van der Waals surface area contributed by atoms with Crippen LogP contribution in [-0.4, -0.2) is 24.4 Å². The van der Waals surface area contributed by atoms with E-state index in [9.17, 15) is 9.59 Å². The van der Waals surface area contributed by atoms with E-state index in [1.165, 1.54) is 0 Å². The quantitative estimate of drug-likeness (QED) is 0.415. The third-order valence-electron chi connectivity index (χ3n) is 5.74. The number of carbonyl (C=O) groups is 2. The summed E-state index contributed by atoms with van der Waals surface area (Å²) in [7, 11) is 0. The molecule has 4 nitrogen and oxygen atoms in total. The van der Waals surface area contributed by atoms with Gasteiger partial charge in [-0.05, 0) is 41.0 Å². The van der Waals surface area contributed by atoms with Gasteiger partial charge in [0.1, 0.15) is 6.04 Å². The number of carbonyl (C=O) groups excluding carboxylic acids is 2. The predicted octanol–water partition coefficient (Wildman–Crippen LogP) is 5.16. The summed E-state index contributed by atoms with van der Waals surface area (Å²) < 4.78 is 0. The van der Waals surface area contributed by atoms with E-state index in [-0.39, 0.29) is 18.2 Å². The lowest BCUT2D eigenvalue weighted by Gasteiger charge is -2.27. The molecule has 4 aromatic carbocycles. The van der Waals surface area contributed by atoms with Crippen LogP contribution < -0.4 is 10.2 Å². The number of nitrogens with zero attached hydrogens (tertiary/aromatic N) is 1. The summed E-state index contributed by atoms with van der Waals surface area (Å²) in [5.41, 5.74) is 2.75. The molecule has 4 rings (SSSR count). The second-order valence-corrected chi connectivity index (χ2v) is 8.09. The second kappa shape index (κ2) is 10.6. The lowest BCUT2D eigenvalue weighted by molar-refractivity contribution is -0.127. The first-order chi connectivity index (χ1) is 16.1. The van der Waals surface area contributed by atoms with Gasteiger partial charge in [0, 0.05) is 18.7 Å². The van der Waals surface area contributed by atoms with Crippen molar-refractivity contribution in [1.82, 2.24) is 5.32 Å². The fraction of sp³-hybridized carbons (Fsp3) is 0.172. The molecule has 1 atom stereocenters. The van der Waals surface area contributed by atoms with E-state index in [0.717, 1.165) is 27.6 Å². The van der Waals surface area contributed by atoms with Gasteiger partial charge in [-0.15, -0.1) is 0 Å². The van der Waals surface area contributed by atoms with Gasteiger partial charge in [-0.3, -0.25) is 9.59 Å². The van der Waals surface area contributed by atoms with Gasteiger partial charge >= 0.3 is 0 Å². The van der Waals surface area contributed by atoms with Gasteiger partial charge in [-0.1, -0.05) is 91.0 Å². The Morgan fingerprint density at radius 3 is 2.09 bits per heavy atom. The predicted molar refractivity (Wildman–Crippen MR) is 134 cm³/mol. The van der Waals surface area contributed by atoms with Crippen LogP contribution in [0.4, 0.5) is 5.69 Å². The molecule has 0 aromatic heterocycles. The lowest BCUT2D eigenvalue weighted by Crippen LogP contribution is -2.50. The monoisotopic (exact) mass is 436 g/mol. The Bertz CT molecular complexity index is 1220. The highest BCUT2D eigenvalue weighted by molar-refractivity contribution is 5.99. The fourth-order valence-corrected chi connectivity index (χ4v) is 4.09. The second-order valence-electron chi connectivity index (χ2n) is 8.09. The number of fused-ring (bicyclic) bond motifs is 1. The third kappa shape index (κ3) is 5.66. The Kier molecular flexibility index (Phi) is 7.16. The van der Waals surface area contributed by atoms with Crippen LogP contribution in [0.2, 0.25) is 0 Å². The van der Waals surface area contributed by atoms with Gasteiger partial charge in [-0.2, -0.15) is 0 Å². The number of amides is 2. The van der Waals surface area contributed by atoms with Crippen molar-refractivity contribution in [3.63, 3.8) is 0 Å². The third-order valence-corrected chi connectivity index (χ3v) is 5.74. The number of anilines is 1. The maximum Gasteiger partial charge on any atom is 0.249 e. The van der Waals surface area contributed by atoms with Gasteiger partial charge in [0.2, 0.25) is 11.8 Å². The largest absolute Gasteiger partial charge is 0.344 e.